The molecule has 1 unspecified atom stereocenters. The molecule has 0 aliphatic rings. The number of phenolic OH excluding ortho intramolecular Hbond substituents is 1. The Morgan fingerprint density at radius 1 is 1.60 bits per heavy atom. The Kier molecular flexibility index (Phi) is 4.14. The molecule has 0 aliphatic carbocycles. The van der Waals surface area contributed by atoms with Crippen molar-refractivity contribution in [3.05, 3.63) is 29.6 Å². The van der Waals surface area contributed by atoms with Crippen molar-refractivity contribution >= 4 is 0 Å². The maximum Gasteiger partial charge on any atom is 0.165 e. The minimum Gasteiger partial charge on any atom is -0.505 e. The Bertz CT molecular complexity index is 370. The Morgan fingerprint density at radius 3 is 2.93 bits per heavy atom. The third-order valence-electron chi connectivity index (χ3n) is 2.09. The molecule has 80 valence electrons. The zero-order chi connectivity index (χ0) is 11.3. The van der Waals surface area contributed by atoms with E-state index in [1.54, 1.807) is 6.07 Å². The lowest BCUT2D eigenvalue weighted by molar-refractivity contribution is 0.431. The first-order valence-electron chi connectivity index (χ1n) is 4.77. The van der Waals surface area contributed by atoms with Crippen molar-refractivity contribution in [2.45, 2.75) is 25.9 Å². The zero-order valence-electron chi connectivity index (χ0n) is 8.63. The van der Waals surface area contributed by atoms with Crippen LogP contribution < -0.4 is 5.32 Å². The molecule has 0 saturated carbocycles. The molecule has 1 aromatic rings. The van der Waals surface area contributed by atoms with Crippen LogP contribution in [0.1, 0.15) is 18.9 Å². The number of halogens is 1. The summed E-state index contributed by atoms with van der Waals surface area (Å²) in [6.07, 6.45) is 5.80. The maximum absolute atomic E-state index is 12.9. The molecule has 0 radical (unpaired) electrons. The second-order valence-corrected chi connectivity index (χ2v) is 3.48. The van der Waals surface area contributed by atoms with E-state index >= 15 is 0 Å². The number of aromatic hydroxyl groups is 1. The fourth-order valence-corrected chi connectivity index (χ4v) is 1.20. The first-order chi connectivity index (χ1) is 7.13. The van der Waals surface area contributed by atoms with Crippen LogP contribution in [-0.4, -0.2) is 11.1 Å². The van der Waals surface area contributed by atoms with Gasteiger partial charge in [0, 0.05) is 19.0 Å². The van der Waals surface area contributed by atoms with Crippen LogP contribution in [0.3, 0.4) is 0 Å². The highest BCUT2D eigenvalue weighted by atomic mass is 19.1. The molecule has 0 bridgehead atoms. The summed E-state index contributed by atoms with van der Waals surface area (Å²) >= 11 is 0. The maximum atomic E-state index is 12.9. The van der Waals surface area contributed by atoms with Gasteiger partial charge in [-0.1, -0.05) is 6.07 Å². The van der Waals surface area contributed by atoms with Crippen LogP contribution in [0.15, 0.2) is 18.2 Å². The fraction of sp³-hybridized carbons (Fsp3) is 0.333. The van der Waals surface area contributed by atoms with Crippen molar-refractivity contribution in [1.82, 2.24) is 5.32 Å². The smallest absolute Gasteiger partial charge is 0.165 e. The van der Waals surface area contributed by atoms with Crippen LogP contribution in [0.5, 0.6) is 5.75 Å². The van der Waals surface area contributed by atoms with Gasteiger partial charge in [-0.15, -0.1) is 12.3 Å². The Labute approximate surface area is 89.1 Å². The van der Waals surface area contributed by atoms with Crippen LogP contribution in [0, 0.1) is 18.2 Å². The molecule has 3 heteroatoms. The van der Waals surface area contributed by atoms with Crippen molar-refractivity contribution < 1.29 is 9.50 Å². The van der Waals surface area contributed by atoms with Gasteiger partial charge in [-0.3, -0.25) is 0 Å². The molecular weight excluding hydrogens is 193 g/mol. The van der Waals surface area contributed by atoms with Gasteiger partial charge in [0.15, 0.2) is 11.6 Å². The molecule has 2 N–H and O–H groups in total. The van der Waals surface area contributed by atoms with E-state index in [0.29, 0.717) is 13.0 Å². The number of nitrogens with one attached hydrogen (secondary N) is 1. The number of benzene rings is 1. The van der Waals surface area contributed by atoms with Gasteiger partial charge in [-0.05, 0) is 24.6 Å². The van der Waals surface area contributed by atoms with Gasteiger partial charge >= 0.3 is 0 Å². The number of hydrogen-bond donors (Lipinski definition) is 2. The van der Waals surface area contributed by atoms with Crippen molar-refractivity contribution in [1.29, 1.82) is 0 Å². The predicted octanol–water partition coefficient (Wildman–Crippen LogP) is 2.03. The molecule has 0 spiro atoms. The van der Waals surface area contributed by atoms with E-state index < -0.39 is 5.82 Å². The van der Waals surface area contributed by atoms with Crippen LogP contribution >= 0.6 is 0 Å². The van der Waals surface area contributed by atoms with Gasteiger partial charge in [-0.2, -0.15) is 0 Å². The Balaban J connectivity index is 2.51. The Morgan fingerprint density at radius 2 is 2.33 bits per heavy atom. The summed E-state index contributed by atoms with van der Waals surface area (Å²) in [5.74, 6) is 1.63. The molecule has 0 amide bonds. The number of terminal acetylenes is 1. The van der Waals surface area contributed by atoms with Crippen LogP contribution in [0.2, 0.25) is 0 Å². The van der Waals surface area contributed by atoms with E-state index in [1.807, 2.05) is 6.92 Å². The first-order valence-corrected chi connectivity index (χ1v) is 4.77. The molecule has 0 fully saturated rings. The molecule has 0 aliphatic heterocycles. The summed E-state index contributed by atoms with van der Waals surface area (Å²) in [6, 6.07) is 4.53. The summed E-state index contributed by atoms with van der Waals surface area (Å²) in [4.78, 5) is 0. The molecule has 1 rings (SSSR count). The van der Waals surface area contributed by atoms with Crippen LogP contribution in [0.25, 0.3) is 0 Å². The summed E-state index contributed by atoms with van der Waals surface area (Å²) in [5.41, 5.74) is 0.786. The molecule has 15 heavy (non-hydrogen) atoms. The highest BCUT2D eigenvalue weighted by Crippen LogP contribution is 2.15. The average molecular weight is 207 g/mol. The quantitative estimate of drug-likeness (QED) is 0.740. The monoisotopic (exact) mass is 207 g/mol. The van der Waals surface area contributed by atoms with Crippen molar-refractivity contribution in [2.75, 3.05) is 0 Å². The highest BCUT2D eigenvalue weighted by molar-refractivity contribution is 5.27. The lowest BCUT2D eigenvalue weighted by Crippen LogP contribution is -2.24. The lowest BCUT2D eigenvalue weighted by atomic mass is 10.2. The zero-order valence-corrected chi connectivity index (χ0v) is 8.63. The molecule has 1 atom stereocenters. The van der Waals surface area contributed by atoms with Gasteiger partial charge in [0.1, 0.15) is 0 Å². The summed E-state index contributed by atoms with van der Waals surface area (Å²) < 4.78 is 12.9. The lowest BCUT2D eigenvalue weighted by Gasteiger charge is -2.10. The van der Waals surface area contributed by atoms with E-state index in [1.165, 1.54) is 12.1 Å². The molecule has 0 heterocycles. The molecule has 0 saturated heterocycles. The van der Waals surface area contributed by atoms with E-state index in [-0.39, 0.29) is 11.8 Å². The van der Waals surface area contributed by atoms with Crippen LogP contribution in [-0.2, 0) is 6.54 Å². The number of phenols is 1. The predicted molar refractivity (Wildman–Crippen MR) is 57.8 cm³/mol. The fourth-order valence-electron chi connectivity index (χ4n) is 1.20. The summed E-state index contributed by atoms with van der Waals surface area (Å²) in [7, 11) is 0. The Hall–Kier alpha value is -1.53. The average Bonchev–Trinajstić information content (AvgIpc) is 2.20. The van der Waals surface area contributed by atoms with E-state index in [2.05, 4.69) is 11.2 Å². The first kappa shape index (κ1) is 11.5. The van der Waals surface area contributed by atoms with E-state index in [4.69, 9.17) is 11.5 Å². The minimum atomic E-state index is -0.598. The summed E-state index contributed by atoms with van der Waals surface area (Å²) in [6.45, 7) is 2.51. The topological polar surface area (TPSA) is 32.3 Å². The number of hydrogen-bond acceptors (Lipinski definition) is 2. The summed E-state index contributed by atoms with van der Waals surface area (Å²) in [5, 5.41) is 12.1. The largest absolute Gasteiger partial charge is 0.505 e. The number of rotatable bonds is 4. The highest BCUT2D eigenvalue weighted by Gasteiger charge is 2.03. The van der Waals surface area contributed by atoms with Gasteiger partial charge in [0.2, 0.25) is 0 Å². The van der Waals surface area contributed by atoms with E-state index in [0.717, 1.165) is 5.56 Å². The van der Waals surface area contributed by atoms with E-state index in [9.17, 15) is 4.39 Å². The van der Waals surface area contributed by atoms with Gasteiger partial charge in [0.05, 0.1) is 0 Å². The molecular formula is C12H14FNO. The second kappa shape index (κ2) is 5.38. The normalized spacial score (nSPS) is 12.1. The second-order valence-electron chi connectivity index (χ2n) is 3.48. The van der Waals surface area contributed by atoms with Gasteiger partial charge in [0.25, 0.3) is 0 Å². The third-order valence-corrected chi connectivity index (χ3v) is 2.09. The van der Waals surface area contributed by atoms with Crippen LogP contribution in [0.4, 0.5) is 4.39 Å². The van der Waals surface area contributed by atoms with Gasteiger partial charge < -0.3 is 10.4 Å². The standard InChI is InChI=1S/C12H14FNO/c1-3-4-9(2)14-8-10-5-6-12(15)11(13)7-10/h1,5-7,9,14-15H,4,8H2,2H3. The molecule has 1 aromatic carbocycles. The molecule has 2 nitrogen and oxygen atoms in total. The van der Waals surface area contributed by atoms with Crippen molar-refractivity contribution in [3.63, 3.8) is 0 Å². The van der Waals surface area contributed by atoms with Crippen molar-refractivity contribution in [2.24, 2.45) is 0 Å². The minimum absolute atomic E-state index is 0.201. The molecule has 0 aromatic heterocycles. The van der Waals surface area contributed by atoms with Gasteiger partial charge in [-0.25, -0.2) is 4.39 Å². The van der Waals surface area contributed by atoms with Crippen molar-refractivity contribution in [3.8, 4) is 18.1 Å². The SMILES string of the molecule is C#CCC(C)NCc1ccc(O)c(F)c1. The third kappa shape index (κ3) is 3.61.